The molecule has 0 radical (unpaired) electrons. The molecule has 0 saturated carbocycles. The lowest BCUT2D eigenvalue weighted by Crippen LogP contribution is -2.16. The van der Waals surface area contributed by atoms with Crippen LogP contribution in [0.25, 0.3) is 0 Å². The average molecular weight is 272 g/mol. The molecule has 1 aromatic carbocycles. The van der Waals surface area contributed by atoms with E-state index in [1.165, 1.54) is 38.5 Å². The van der Waals surface area contributed by atoms with Gasteiger partial charge < -0.3 is 5.11 Å². The Morgan fingerprint density at radius 3 is 2.40 bits per heavy atom. The first-order valence-electron chi connectivity index (χ1n) is 7.87. The van der Waals surface area contributed by atoms with Gasteiger partial charge in [0.15, 0.2) is 0 Å². The van der Waals surface area contributed by atoms with Gasteiger partial charge in [-0.1, -0.05) is 69.4 Å². The normalized spacial score (nSPS) is 13.3. The van der Waals surface area contributed by atoms with Crippen molar-refractivity contribution in [2.75, 3.05) is 0 Å². The zero-order valence-electron chi connectivity index (χ0n) is 12.9. The molecule has 0 aliphatic rings. The zero-order chi connectivity index (χ0) is 14.7. The van der Waals surface area contributed by atoms with E-state index in [9.17, 15) is 5.11 Å². The molecule has 0 aromatic heterocycles. The van der Waals surface area contributed by atoms with E-state index >= 15 is 0 Å². The van der Waals surface area contributed by atoms with E-state index < -0.39 is 5.60 Å². The minimum Gasteiger partial charge on any atom is -0.381 e. The molecule has 0 aliphatic carbocycles. The Bertz CT molecular complexity index is 411. The van der Waals surface area contributed by atoms with E-state index in [-0.39, 0.29) is 0 Å². The van der Waals surface area contributed by atoms with Crippen LogP contribution in [0.4, 0.5) is 0 Å². The van der Waals surface area contributed by atoms with Gasteiger partial charge in [-0.15, -0.1) is 5.73 Å². The molecule has 1 N–H and O–H groups in total. The van der Waals surface area contributed by atoms with Crippen LogP contribution in [0.3, 0.4) is 0 Å². The fraction of sp³-hybridized carbons (Fsp3) is 0.526. The molecule has 0 bridgehead atoms. The van der Waals surface area contributed by atoms with E-state index in [0.717, 1.165) is 12.0 Å². The van der Waals surface area contributed by atoms with Crippen LogP contribution in [-0.4, -0.2) is 5.11 Å². The highest BCUT2D eigenvalue weighted by atomic mass is 16.3. The molecule has 1 rings (SSSR count). The lowest BCUT2D eigenvalue weighted by atomic mass is 9.96. The van der Waals surface area contributed by atoms with Gasteiger partial charge in [-0.3, -0.25) is 0 Å². The highest BCUT2D eigenvalue weighted by Gasteiger charge is 2.18. The van der Waals surface area contributed by atoms with Crippen molar-refractivity contribution in [3.8, 4) is 0 Å². The third-order valence-electron chi connectivity index (χ3n) is 3.54. The van der Waals surface area contributed by atoms with Crippen LogP contribution in [0, 0.1) is 0 Å². The van der Waals surface area contributed by atoms with Crippen LogP contribution in [0.5, 0.6) is 0 Å². The molecule has 1 aromatic rings. The van der Waals surface area contributed by atoms with Crippen molar-refractivity contribution in [3.05, 3.63) is 53.8 Å². The summed E-state index contributed by atoms with van der Waals surface area (Å²) in [7, 11) is 0. The van der Waals surface area contributed by atoms with Crippen molar-refractivity contribution in [3.63, 3.8) is 0 Å². The third-order valence-corrected chi connectivity index (χ3v) is 3.54. The summed E-state index contributed by atoms with van der Waals surface area (Å²) in [6, 6.07) is 9.71. The lowest BCUT2D eigenvalue weighted by Gasteiger charge is -2.17. The number of aliphatic hydroxyl groups is 1. The number of rotatable bonds is 9. The number of benzene rings is 1. The quantitative estimate of drug-likeness (QED) is 0.474. The van der Waals surface area contributed by atoms with E-state index in [0.29, 0.717) is 0 Å². The lowest BCUT2D eigenvalue weighted by molar-refractivity contribution is 0.111. The molecular weight excluding hydrogens is 244 g/mol. The fourth-order valence-electron chi connectivity index (χ4n) is 2.19. The summed E-state index contributed by atoms with van der Waals surface area (Å²) >= 11 is 0. The topological polar surface area (TPSA) is 20.2 Å². The first-order valence-corrected chi connectivity index (χ1v) is 7.87. The molecule has 1 heteroatoms. The summed E-state index contributed by atoms with van der Waals surface area (Å²) in [6.45, 7) is 4.04. The SMILES string of the molecule is CCCCCCCCC=C=CC(C)(O)c1ccccc1. The summed E-state index contributed by atoms with van der Waals surface area (Å²) in [6.07, 6.45) is 12.7. The summed E-state index contributed by atoms with van der Waals surface area (Å²) in [5.41, 5.74) is 3.10. The first-order chi connectivity index (χ1) is 9.67. The smallest absolute Gasteiger partial charge is 0.112 e. The molecule has 110 valence electrons. The molecule has 20 heavy (non-hydrogen) atoms. The van der Waals surface area contributed by atoms with Gasteiger partial charge in [-0.25, -0.2) is 0 Å². The van der Waals surface area contributed by atoms with Gasteiger partial charge in [-0.05, 0) is 37.5 Å². The predicted octanol–water partition coefficient (Wildman–Crippen LogP) is 5.36. The Balaban J connectivity index is 2.30. The molecule has 1 unspecified atom stereocenters. The molecule has 0 spiro atoms. The number of unbranched alkanes of at least 4 members (excludes halogenated alkanes) is 6. The van der Waals surface area contributed by atoms with Crippen molar-refractivity contribution >= 4 is 0 Å². The maximum absolute atomic E-state index is 10.3. The minimum atomic E-state index is -0.932. The molecule has 0 amide bonds. The van der Waals surface area contributed by atoms with Gasteiger partial charge in [0, 0.05) is 0 Å². The van der Waals surface area contributed by atoms with Crippen LogP contribution in [0.15, 0.2) is 48.2 Å². The summed E-state index contributed by atoms with van der Waals surface area (Å²) in [5, 5.41) is 10.3. The minimum absolute atomic E-state index is 0.903. The van der Waals surface area contributed by atoms with Gasteiger partial charge in [0.2, 0.25) is 0 Å². The van der Waals surface area contributed by atoms with Crippen molar-refractivity contribution in [1.82, 2.24) is 0 Å². The first kappa shape index (κ1) is 16.8. The Morgan fingerprint density at radius 2 is 1.70 bits per heavy atom. The zero-order valence-corrected chi connectivity index (χ0v) is 12.9. The van der Waals surface area contributed by atoms with Crippen LogP contribution < -0.4 is 0 Å². The maximum Gasteiger partial charge on any atom is 0.112 e. The predicted molar refractivity (Wildman–Crippen MR) is 86.7 cm³/mol. The number of hydrogen-bond donors (Lipinski definition) is 1. The van der Waals surface area contributed by atoms with E-state index in [4.69, 9.17) is 0 Å². The van der Waals surface area contributed by atoms with Crippen molar-refractivity contribution in [2.24, 2.45) is 0 Å². The summed E-state index contributed by atoms with van der Waals surface area (Å²) in [5.74, 6) is 0. The molecule has 1 nitrogen and oxygen atoms in total. The Hall–Kier alpha value is -1.30. The van der Waals surface area contributed by atoms with Crippen LogP contribution in [0.1, 0.15) is 64.4 Å². The van der Waals surface area contributed by atoms with Gasteiger partial charge in [-0.2, -0.15) is 0 Å². The second-order valence-corrected chi connectivity index (χ2v) is 5.59. The van der Waals surface area contributed by atoms with Crippen LogP contribution >= 0.6 is 0 Å². The summed E-state index contributed by atoms with van der Waals surface area (Å²) in [4.78, 5) is 0. The highest BCUT2D eigenvalue weighted by Crippen LogP contribution is 2.20. The van der Waals surface area contributed by atoms with Crippen molar-refractivity contribution in [2.45, 2.75) is 64.4 Å². The molecule has 0 heterocycles. The van der Waals surface area contributed by atoms with Gasteiger partial charge >= 0.3 is 0 Å². The van der Waals surface area contributed by atoms with E-state index in [1.807, 2.05) is 36.4 Å². The highest BCUT2D eigenvalue weighted by molar-refractivity contribution is 5.25. The fourth-order valence-corrected chi connectivity index (χ4v) is 2.19. The summed E-state index contributed by atoms with van der Waals surface area (Å²) < 4.78 is 0. The largest absolute Gasteiger partial charge is 0.381 e. The Labute approximate surface area is 124 Å². The molecule has 0 aliphatic heterocycles. The molecule has 0 fully saturated rings. The monoisotopic (exact) mass is 272 g/mol. The average Bonchev–Trinajstić information content (AvgIpc) is 2.46. The molecule has 0 saturated heterocycles. The molecular formula is C19H28O. The van der Waals surface area contributed by atoms with Crippen molar-refractivity contribution < 1.29 is 5.11 Å². The van der Waals surface area contributed by atoms with E-state index in [1.54, 1.807) is 13.0 Å². The Morgan fingerprint density at radius 1 is 1.05 bits per heavy atom. The third kappa shape index (κ3) is 6.75. The molecule has 1 atom stereocenters. The second kappa shape index (κ2) is 9.58. The Kier molecular flexibility index (Phi) is 8.02. The van der Waals surface area contributed by atoms with Gasteiger partial charge in [0.05, 0.1) is 0 Å². The standard InChI is InChI=1S/C19H28O/c1-3-4-5-6-7-8-9-10-14-17-19(2,20)18-15-12-11-13-16-18/h10-13,15-17,20H,3-9H2,1-2H3. The van der Waals surface area contributed by atoms with Crippen LogP contribution in [-0.2, 0) is 5.60 Å². The van der Waals surface area contributed by atoms with Gasteiger partial charge in [0.1, 0.15) is 5.60 Å². The maximum atomic E-state index is 10.3. The van der Waals surface area contributed by atoms with Crippen LogP contribution in [0.2, 0.25) is 0 Å². The van der Waals surface area contributed by atoms with Crippen molar-refractivity contribution in [1.29, 1.82) is 0 Å². The second-order valence-electron chi connectivity index (χ2n) is 5.59. The van der Waals surface area contributed by atoms with E-state index in [2.05, 4.69) is 12.7 Å². The van der Waals surface area contributed by atoms with Gasteiger partial charge in [0.25, 0.3) is 0 Å². The number of hydrogen-bond acceptors (Lipinski definition) is 1.